The smallest absolute Gasteiger partial charge is 0.335 e. The quantitative estimate of drug-likeness (QED) is 0.360. The first-order valence-electron chi connectivity index (χ1n) is 10.3. The second-order valence-corrected chi connectivity index (χ2v) is 8.80. The highest BCUT2D eigenvalue weighted by Crippen LogP contribution is 2.23. The number of Topliss-reactive ketones (excluding diaryl/α,β-unsaturated/α-hetero) is 1. The number of carbonyl (C=O) groups is 4. The Hall–Kier alpha value is -3.11. The predicted molar refractivity (Wildman–Crippen MR) is 117 cm³/mol. The minimum Gasteiger partial charge on any atom is -0.367 e. The van der Waals surface area contributed by atoms with Crippen molar-refractivity contribution in [3.8, 4) is 0 Å². The van der Waals surface area contributed by atoms with Crippen molar-refractivity contribution in [2.24, 2.45) is 0 Å². The lowest BCUT2D eigenvalue weighted by molar-refractivity contribution is -0.143. The molecule has 32 heavy (non-hydrogen) atoms. The van der Waals surface area contributed by atoms with Crippen LogP contribution in [0.15, 0.2) is 35.7 Å². The van der Waals surface area contributed by atoms with Crippen LogP contribution in [0.25, 0.3) is 0 Å². The van der Waals surface area contributed by atoms with Gasteiger partial charge < -0.3 is 4.90 Å². The summed E-state index contributed by atoms with van der Waals surface area (Å²) in [6, 6.07) is 7.66. The van der Waals surface area contributed by atoms with E-state index in [9.17, 15) is 23.6 Å². The number of imide groups is 2. The molecular formula is C22H23FN4O4S. The van der Waals surface area contributed by atoms with E-state index in [-0.39, 0.29) is 19.0 Å². The van der Waals surface area contributed by atoms with E-state index in [1.54, 1.807) is 12.1 Å². The number of amides is 4. The highest BCUT2D eigenvalue weighted by molar-refractivity contribution is 7.09. The molecule has 0 aliphatic carbocycles. The van der Waals surface area contributed by atoms with Gasteiger partial charge in [0.15, 0.2) is 5.78 Å². The van der Waals surface area contributed by atoms with Gasteiger partial charge in [0.25, 0.3) is 0 Å². The number of benzene rings is 1. The van der Waals surface area contributed by atoms with Crippen molar-refractivity contribution in [3.05, 3.63) is 52.0 Å². The average molecular weight is 459 g/mol. The lowest BCUT2D eigenvalue weighted by atomic mass is 10.1. The van der Waals surface area contributed by atoms with Crippen molar-refractivity contribution in [2.45, 2.75) is 13.3 Å². The van der Waals surface area contributed by atoms with Crippen molar-refractivity contribution >= 4 is 40.7 Å². The molecule has 10 heteroatoms. The Morgan fingerprint density at radius 2 is 1.75 bits per heavy atom. The van der Waals surface area contributed by atoms with Gasteiger partial charge in [-0.25, -0.2) is 14.1 Å². The van der Waals surface area contributed by atoms with Gasteiger partial charge in [0.2, 0.25) is 0 Å². The fourth-order valence-electron chi connectivity index (χ4n) is 3.86. The van der Waals surface area contributed by atoms with Gasteiger partial charge in [0, 0.05) is 49.6 Å². The summed E-state index contributed by atoms with van der Waals surface area (Å²) in [5, 5.41) is 1.92. The van der Waals surface area contributed by atoms with Gasteiger partial charge in [0.1, 0.15) is 5.82 Å². The van der Waals surface area contributed by atoms with Gasteiger partial charge in [-0.05, 0) is 36.6 Å². The van der Waals surface area contributed by atoms with Crippen molar-refractivity contribution in [2.75, 3.05) is 44.3 Å². The average Bonchev–Trinajstić information content (AvgIpc) is 3.36. The van der Waals surface area contributed by atoms with Gasteiger partial charge >= 0.3 is 17.8 Å². The van der Waals surface area contributed by atoms with Gasteiger partial charge in [-0.15, -0.1) is 11.3 Å². The third-order valence-corrected chi connectivity index (χ3v) is 6.64. The number of hydrogen-bond donors (Lipinski definition) is 0. The summed E-state index contributed by atoms with van der Waals surface area (Å²) in [6.07, 6.45) is 0.517. The van der Waals surface area contributed by atoms with E-state index < -0.39 is 23.7 Å². The van der Waals surface area contributed by atoms with E-state index >= 15 is 0 Å². The van der Waals surface area contributed by atoms with E-state index in [4.69, 9.17) is 0 Å². The van der Waals surface area contributed by atoms with E-state index in [0.29, 0.717) is 43.9 Å². The van der Waals surface area contributed by atoms with Crippen molar-refractivity contribution < 1.29 is 23.6 Å². The van der Waals surface area contributed by atoms with Crippen molar-refractivity contribution in [1.82, 2.24) is 14.7 Å². The number of piperazine rings is 1. The molecule has 0 atom stereocenters. The molecule has 2 aliphatic heterocycles. The zero-order chi connectivity index (χ0) is 22.8. The van der Waals surface area contributed by atoms with E-state index in [2.05, 4.69) is 0 Å². The molecule has 0 radical (unpaired) electrons. The maximum absolute atomic E-state index is 14.4. The summed E-state index contributed by atoms with van der Waals surface area (Å²) >= 11 is 1.54. The molecule has 2 aromatic rings. The van der Waals surface area contributed by atoms with Crippen LogP contribution in [0, 0.1) is 5.82 Å². The zero-order valence-corrected chi connectivity index (χ0v) is 18.4. The van der Waals surface area contributed by atoms with E-state index in [1.807, 2.05) is 27.3 Å². The SMILES string of the molecule is CC(=O)c1ccc(N2CCN(CN3C(=O)C(=O)N(CCc4cccs4)C3=O)CC2)c(F)c1. The van der Waals surface area contributed by atoms with Crippen molar-refractivity contribution in [1.29, 1.82) is 0 Å². The predicted octanol–water partition coefficient (Wildman–Crippen LogP) is 2.20. The Morgan fingerprint density at radius 3 is 2.38 bits per heavy atom. The molecule has 168 valence electrons. The number of hydrogen-bond acceptors (Lipinski definition) is 7. The molecule has 1 aromatic heterocycles. The van der Waals surface area contributed by atoms with Crippen LogP contribution in [0.3, 0.4) is 0 Å². The van der Waals surface area contributed by atoms with Crippen LogP contribution in [0.5, 0.6) is 0 Å². The third kappa shape index (κ3) is 4.42. The first-order valence-corrected chi connectivity index (χ1v) is 11.2. The second-order valence-electron chi connectivity index (χ2n) is 7.77. The monoisotopic (exact) mass is 458 g/mol. The fourth-order valence-corrected chi connectivity index (χ4v) is 4.56. The van der Waals surface area contributed by atoms with Crippen LogP contribution >= 0.6 is 11.3 Å². The molecule has 0 unspecified atom stereocenters. The minimum absolute atomic E-state index is 0.0263. The molecule has 0 N–H and O–H groups in total. The summed E-state index contributed by atoms with van der Waals surface area (Å²) in [7, 11) is 0. The Morgan fingerprint density at radius 1 is 1.03 bits per heavy atom. The Bertz CT molecular complexity index is 1050. The number of rotatable bonds is 7. The topological polar surface area (TPSA) is 81.2 Å². The summed E-state index contributed by atoms with van der Waals surface area (Å²) in [5.74, 6) is -2.26. The Labute approximate surface area is 188 Å². The Balaban J connectivity index is 1.33. The molecule has 0 spiro atoms. The van der Waals surface area contributed by atoms with Crippen LogP contribution in [0.4, 0.5) is 14.9 Å². The van der Waals surface area contributed by atoms with Crippen LogP contribution < -0.4 is 4.90 Å². The first kappa shape index (κ1) is 22.1. The molecule has 2 fully saturated rings. The van der Waals surface area contributed by atoms with Crippen LogP contribution in [-0.2, 0) is 16.0 Å². The van der Waals surface area contributed by atoms with Crippen LogP contribution in [-0.4, -0.2) is 77.7 Å². The summed E-state index contributed by atoms with van der Waals surface area (Å²) < 4.78 is 14.4. The molecule has 2 saturated heterocycles. The molecule has 4 rings (SSSR count). The molecular weight excluding hydrogens is 435 g/mol. The number of urea groups is 1. The third-order valence-electron chi connectivity index (χ3n) is 5.71. The van der Waals surface area contributed by atoms with Crippen LogP contribution in [0.1, 0.15) is 22.2 Å². The van der Waals surface area contributed by atoms with Crippen LogP contribution in [0.2, 0.25) is 0 Å². The fraction of sp³-hybridized carbons (Fsp3) is 0.364. The standard InChI is InChI=1S/C22H23FN4O4S/c1-15(28)16-4-5-19(18(23)13-16)25-10-8-24(9-11-25)14-27-21(30)20(29)26(22(27)31)7-6-17-3-2-12-32-17/h2-5,12-13H,6-11,14H2,1H3. The summed E-state index contributed by atoms with van der Waals surface area (Å²) in [5.41, 5.74) is 0.738. The molecule has 0 bridgehead atoms. The highest BCUT2D eigenvalue weighted by atomic mass is 32.1. The molecule has 0 saturated carbocycles. The maximum atomic E-state index is 14.4. The summed E-state index contributed by atoms with van der Waals surface area (Å²) in [4.78, 5) is 55.6. The highest BCUT2D eigenvalue weighted by Gasteiger charge is 2.44. The van der Waals surface area contributed by atoms with E-state index in [0.717, 1.165) is 14.7 Å². The number of carbonyl (C=O) groups excluding carboxylic acids is 4. The Kier molecular flexibility index (Phi) is 6.33. The molecule has 4 amide bonds. The van der Waals surface area contributed by atoms with Crippen molar-refractivity contribution in [3.63, 3.8) is 0 Å². The number of anilines is 1. The van der Waals surface area contributed by atoms with E-state index in [1.165, 1.54) is 24.3 Å². The number of nitrogens with zero attached hydrogens (tertiary/aromatic N) is 4. The minimum atomic E-state index is -0.811. The molecule has 3 heterocycles. The summed E-state index contributed by atoms with van der Waals surface area (Å²) in [6.45, 7) is 3.55. The number of halogens is 1. The lowest BCUT2D eigenvalue weighted by Gasteiger charge is -2.37. The normalized spacial score (nSPS) is 17.6. The number of thiophene rings is 1. The number of ketones is 1. The maximum Gasteiger partial charge on any atom is 0.335 e. The molecule has 8 nitrogen and oxygen atoms in total. The lowest BCUT2D eigenvalue weighted by Crippen LogP contribution is -2.51. The second kappa shape index (κ2) is 9.17. The van der Waals surface area contributed by atoms with Gasteiger partial charge in [-0.3, -0.25) is 24.2 Å². The van der Waals surface area contributed by atoms with Gasteiger partial charge in [0.05, 0.1) is 12.4 Å². The van der Waals surface area contributed by atoms with Gasteiger partial charge in [-0.2, -0.15) is 0 Å². The van der Waals surface area contributed by atoms with Gasteiger partial charge in [-0.1, -0.05) is 6.07 Å². The zero-order valence-electron chi connectivity index (χ0n) is 17.6. The molecule has 1 aromatic carbocycles. The molecule has 2 aliphatic rings. The first-order chi connectivity index (χ1) is 15.3. The largest absolute Gasteiger partial charge is 0.367 e.